The largest absolute Gasteiger partial charge is 0.444 e. The van der Waals surface area contributed by atoms with Gasteiger partial charge in [0.2, 0.25) is 15.9 Å². The van der Waals surface area contributed by atoms with Gasteiger partial charge in [-0.15, -0.1) is 0 Å². The van der Waals surface area contributed by atoms with Crippen molar-refractivity contribution in [2.45, 2.75) is 57.4 Å². The van der Waals surface area contributed by atoms with E-state index in [1.54, 1.807) is 51.7 Å². The number of imidazole rings is 1. The Labute approximate surface area is 172 Å². The summed E-state index contributed by atoms with van der Waals surface area (Å²) in [6.45, 7) is 7.67. The van der Waals surface area contributed by atoms with Crippen molar-refractivity contribution in [3.63, 3.8) is 0 Å². The average molecular weight is 430 g/mol. The van der Waals surface area contributed by atoms with Crippen LogP contribution >= 0.6 is 0 Å². The van der Waals surface area contributed by atoms with Gasteiger partial charge in [0.15, 0.2) is 5.25 Å². The summed E-state index contributed by atoms with van der Waals surface area (Å²) in [7, 11) is -2.28. The molecular formula is C18H31N5O5S. The number of carbonyl (C=O) groups excluding carboxylic acids is 2. The van der Waals surface area contributed by atoms with E-state index in [0.717, 1.165) is 0 Å². The number of piperazine rings is 1. The van der Waals surface area contributed by atoms with Crippen LogP contribution in [0.15, 0.2) is 12.4 Å². The number of ether oxygens (including phenoxy) is 1. The Morgan fingerprint density at radius 3 is 2.48 bits per heavy atom. The molecule has 2 atom stereocenters. The highest BCUT2D eigenvalue weighted by atomic mass is 32.2. The topological polar surface area (TPSA) is 128 Å². The lowest BCUT2D eigenvalue weighted by Crippen LogP contribution is -2.57. The SMILES string of the molecule is CCCC(C(=O)N1CCN(C(=O)OC(C)(C)C)CC1c1nccn1C)S(N)(=O)=O. The molecule has 2 heterocycles. The molecule has 1 saturated heterocycles. The number of rotatable bonds is 5. The molecule has 2 amide bonds. The fourth-order valence-electron chi connectivity index (χ4n) is 3.33. The average Bonchev–Trinajstić information content (AvgIpc) is 3.02. The van der Waals surface area contributed by atoms with Gasteiger partial charge in [-0.05, 0) is 27.2 Å². The van der Waals surface area contributed by atoms with Crippen molar-refractivity contribution in [2.24, 2.45) is 12.2 Å². The summed E-state index contributed by atoms with van der Waals surface area (Å²) < 4.78 is 31.2. The van der Waals surface area contributed by atoms with Gasteiger partial charge in [-0.25, -0.2) is 23.3 Å². The maximum atomic E-state index is 13.2. The Balaban J connectivity index is 2.34. The Kier molecular flexibility index (Phi) is 6.94. The summed E-state index contributed by atoms with van der Waals surface area (Å²) in [6, 6.07) is -0.607. The lowest BCUT2D eigenvalue weighted by molar-refractivity contribution is -0.136. The van der Waals surface area contributed by atoms with Crippen molar-refractivity contribution < 1.29 is 22.7 Å². The summed E-state index contributed by atoms with van der Waals surface area (Å²) >= 11 is 0. The molecule has 10 nitrogen and oxygen atoms in total. The Hall–Kier alpha value is -2.14. The van der Waals surface area contributed by atoms with Gasteiger partial charge in [0.05, 0.1) is 6.54 Å². The van der Waals surface area contributed by atoms with E-state index in [9.17, 15) is 18.0 Å². The van der Waals surface area contributed by atoms with Gasteiger partial charge in [0.25, 0.3) is 0 Å². The minimum Gasteiger partial charge on any atom is -0.444 e. The number of aryl methyl sites for hydroxylation is 1. The molecule has 11 heteroatoms. The summed E-state index contributed by atoms with van der Waals surface area (Å²) in [5, 5.41) is 4.02. The van der Waals surface area contributed by atoms with Crippen LogP contribution in [0.5, 0.6) is 0 Å². The second-order valence-corrected chi connectivity index (χ2v) is 9.98. The molecule has 0 aliphatic carbocycles. The summed E-state index contributed by atoms with van der Waals surface area (Å²) in [5.41, 5.74) is -0.650. The Morgan fingerprint density at radius 2 is 2.00 bits per heavy atom. The molecule has 29 heavy (non-hydrogen) atoms. The first-order chi connectivity index (χ1) is 13.3. The number of primary sulfonamides is 1. The highest BCUT2D eigenvalue weighted by molar-refractivity contribution is 7.90. The molecular weight excluding hydrogens is 398 g/mol. The molecule has 1 aromatic heterocycles. The van der Waals surface area contributed by atoms with Crippen LogP contribution in [0, 0.1) is 0 Å². The van der Waals surface area contributed by atoms with Gasteiger partial charge in [0, 0.05) is 32.5 Å². The minimum atomic E-state index is -4.06. The lowest BCUT2D eigenvalue weighted by Gasteiger charge is -2.42. The smallest absolute Gasteiger partial charge is 0.410 e. The van der Waals surface area contributed by atoms with Crippen LogP contribution in [0.25, 0.3) is 0 Å². The third-order valence-corrected chi connectivity index (χ3v) is 5.92. The molecule has 1 aromatic rings. The van der Waals surface area contributed by atoms with E-state index in [2.05, 4.69) is 4.98 Å². The van der Waals surface area contributed by atoms with Gasteiger partial charge in [-0.1, -0.05) is 13.3 Å². The maximum absolute atomic E-state index is 13.2. The normalized spacial score (nSPS) is 19.2. The number of nitrogens with two attached hydrogens (primary N) is 1. The van der Waals surface area contributed by atoms with Crippen LogP contribution in [0.3, 0.4) is 0 Å². The van der Waals surface area contributed by atoms with Crippen molar-refractivity contribution in [1.82, 2.24) is 19.4 Å². The van der Waals surface area contributed by atoms with E-state index in [4.69, 9.17) is 9.88 Å². The molecule has 0 bridgehead atoms. The standard InChI is InChI=1S/C18H31N5O5S/c1-6-7-14(29(19,26)27)16(24)23-11-10-22(17(25)28-18(2,3)4)12-13(23)15-20-8-9-21(15)5/h8-9,13-14H,6-7,10-12H2,1-5H3,(H2,19,26,27). The number of carbonyl (C=O) groups is 2. The zero-order valence-corrected chi connectivity index (χ0v) is 18.5. The number of hydrogen-bond donors (Lipinski definition) is 1. The van der Waals surface area contributed by atoms with Crippen molar-refractivity contribution in [1.29, 1.82) is 0 Å². The molecule has 2 N–H and O–H groups in total. The van der Waals surface area contributed by atoms with Crippen molar-refractivity contribution >= 4 is 22.0 Å². The third-order valence-electron chi connectivity index (χ3n) is 4.69. The van der Waals surface area contributed by atoms with Crippen LogP contribution in [0.1, 0.15) is 52.4 Å². The molecule has 0 radical (unpaired) electrons. The molecule has 0 spiro atoms. The number of nitrogens with zero attached hydrogens (tertiary/aromatic N) is 4. The molecule has 2 rings (SSSR count). The van der Waals surface area contributed by atoms with Crippen LogP contribution < -0.4 is 5.14 Å². The Bertz CT molecular complexity index is 845. The number of amides is 2. The second kappa shape index (κ2) is 8.70. The summed E-state index contributed by atoms with van der Waals surface area (Å²) in [5.74, 6) is -0.0116. The molecule has 2 unspecified atom stereocenters. The minimum absolute atomic E-state index is 0.136. The quantitative estimate of drug-likeness (QED) is 0.744. The van der Waals surface area contributed by atoms with E-state index in [0.29, 0.717) is 12.2 Å². The predicted octanol–water partition coefficient (Wildman–Crippen LogP) is 0.998. The summed E-state index contributed by atoms with van der Waals surface area (Å²) in [6.07, 6.45) is 3.47. The number of aromatic nitrogens is 2. The molecule has 1 aliphatic rings. The highest BCUT2D eigenvalue weighted by Gasteiger charge is 2.41. The van der Waals surface area contributed by atoms with Gasteiger partial charge >= 0.3 is 6.09 Å². The molecule has 0 saturated carbocycles. The Morgan fingerprint density at radius 1 is 1.34 bits per heavy atom. The third kappa shape index (κ3) is 5.69. The zero-order valence-electron chi connectivity index (χ0n) is 17.7. The highest BCUT2D eigenvalue weighted by Crippen LogP contribution is 2.27. The van der Waals surface area contributed by atoms with E-state index in [1.165, 1.54) is 9.80 Å². The fraction of sp³-hybridized carbons (Fsp3) is 0.722. The van der Waals surface area contributed by atoms with E-state index in [1.807, 2.05) is 0 Å². The number of hydrogen-bond acceptors (Lipinski definition) is 6. The molecule has 1 aliphatic heterocycles. The molecule has 1 fully saturated rings. The van der Waals surface area contributed by atoms with Gasteiger partial charge in [-0.3, -0.25) is 4.79 Å². The van der Waals surface area contributed by atoms with Gasteiger partial charge < -0.3 is 19.1 Å². The van der Waals surface area contributed by atoms with E-state index < -0.39 is 38.9 Å². The van der Waals surface area contributed by atoms with E-state index >= 15 is 0 Å². The first kappa shape index (κ1) is 23.1. The van der Waals surface area contributed by atoms with Crippen molar-refractivity contribution in [3.05, 3.63) is 18.2 Å². The predicted molar refractivity (Wildman–Crippen MR) is 107 cm³/mol. The van der Waals surface area contributed by atoms with Crippen LogP contribution in [0.4, 0.5) is 4.79 Å². The van der Waals surface area contributed by atoms with Crippen LogP contribution in [-0.4, -0.2) is 70.3 Å². The monoisotopic (exact) mass is 429 g/mol. The van der Waals surface area contributed by atoms with Crippen molar-refractivity contribution in [3.8, 4) is 0 Å². The molecule has 164 valence electrons. The van der Waals surface area contributed by atoms with Gasteiger partial charge in [-0.2, -0.15) is 0 Å². The first-order valence-corrected chi connectivity index (χ1v) is 11.2. The summed E-state index contributed by atoms with van der Waals surface area (Å²) in [4.78, 5) is 33.0. The second-order valence-electron chi connectivity index (χ2n) is 8.24. The van der Waals surface area contributed by atoms with E-state index in [-0.39, 0.29) is 26.1 Å². The van der Waals surface area contributed by atoms with Crippen LogP contribution in [0.2, 0.25) is 0 Å². The fourth-order valence-corrected chi connectivity index (χ4v) is 4.31. The lowest BCUT2D eigenvalue weighted by atomic mass is 10.1. The van der Waals surface area contributed by atoms with Crippen LogP contribution in [-0.2, 0) is 26.6 Å². The first-order valence-electron chi connectivity index (χ1n) is 9.62. The van der Waals surface area contributed by atoms with Crippen molar-refractivity contribution in [2.75, 3.05) is 19.6 Å². The molecule has 0 aromatic carbocycles. The van der Waals surface area contributed by atoms with Gasteiger partial charge in [0.1, 0.15) is 17.5 Å². The maximum Gasteiger partial charge on any atom is 0.410 e. The zero-order chi connectivity index (χ0) is 22.0. The number of sulfonamides is 1.